The fourth-order valence-corrected chi connectivity index (χ4v) is 1.00. The molecule has 5 nitrogen and oxygen atoms in total. The lowest BCUT2D eigenvalue weighted by atomic mass is 10.2. The molecule has 0 aliphatic rings. The van der Waals surface area contributed by atoms with Gasteiger partial charge in [0.25, 0.3) is 6.43 Å². The fraction of sp³-hybridized carbons (Fsp3) is 0.250. The van der Waals surface area contributed by atoms with Crippen LogP contribution in [-0.4, -0.2) is 27.5 Å². The summed E-state index contributed by atoms with van der Waals surface area (Å²) in [7, 11) is 0. The van der Waals surface area contributed by atoms with Gasteiger partial charge < -0.3 is 14.9 Å². The van der Waals surface area contributed by atoms with E-state index in [1.807, 2.05) is 0 Å². The predicted molar refractivity (Wildman–Crippen MR) is 44.5 cm³/mol. The molecular weight excluding hydrogens is 269 g/mol. The Balaban J connectivity index is 3.35. The topological polar surface area (TPSA) is 79.7 Å². The van der Waals surface area contributed by atoms with Crippen molar-refractivity contribution in [3.63, 3.8) is 0 Å². The highest BCUT2D eigenvalue weighted by atomic mass is 19.4. The molecule has 0 saturated carbocycles. The van der Waals surface area contributed by atoms with Gasteiger partial charge in [0.05, 0.1) is 0 Å². The highest BCUT2D eigenvalue weighted by Gasteiger charge is 2.35. The van der Waals surface area contributed by atoms with E-state index < -0.39 is 41.6 Å². The van der Waals surface area contributed by atoms with E-state index in [1.54, 1.807) is 0 Å². The van der Waals surface area contributed by atoms with E-state index in [9.17, 15) is 26.7 Å². The highest BCUT2D eigenvalue weighted by molar-refractivity contribution is 5.90. The first kappa shape index (κ1) is 13.9. The summed E-state index contributed by atoms with van der Waals surface area (Å²) in [6, 6.07) is 0.206. The van der Waals surface area contributed by atoms with Crippen LogP contribution < -0.4 is 4.74 Å². The minimum atomic E-state index is -5.30. The number of halogens is 5. The van der Waals surface area contributed by atoms with Crippen LogP contribution in [0, 0.1) is 0 Å². The number of aromatic nitrogens is 1. The van der Waals surface area contributed by atoms with Crippen LogP contribution >= 0.6 is 0 Å². The van der Waals surface area contributed by atoms with E-state index in [-0.39, 0.29) is 6.07 Å². The summed E-state index contributed by atoms with van der Waals surface area (Å²) in [5, 5.41) is 17.5. The summed E-state index contributed by atoms with van der Waals surface area (Å²) < 4.78 is 63.5. The molecule has 0 atom stereocenters. The Morgan fingerprint density at radius 1 is 1.39 bits per heavy atom. The van der Waals surface area contributed by atoms with Crippen molar-refractivity contribution < 1.29 is 41.7 Å². The first-order valence-electron chi connectivity index (χ1n) is 4.13. The van der Waals surface area contributed by atoms with Crippen molar-refractivity contribution in [2.45, 2.75) is 12.8 Å². The molecular formula is C8H4F5NO4. The van der Waals surface area contributed by atoms with Crippen molar-refractivity contribution >= 4 is 5.97 Å². The number of alkyl halides is 5. The van der Waals surface area contributed by atoms with Crippen molar-refractivity contribution in [1.82, 2.24) is 4.98 Å². The number of hydrogen-bond acceptors (Lipinski definition) is 4. The molecule has 0 saturated heterocycles. The smallest absolute Gasteiger partial charge is 0.506 e. The van der Waals surface area contributed by atoms with Crippen molar-refractivity contribution in [1.29, 1.82) is 0 Å². The Morgan fingerprint density at radius 2 is 1.94 bits per heavy atom. The third-order valence-electron chi connectivity index (χ3n) is 1.65. The second-order valence-corrected chi connectivity index (χ2v) is 2.90. The Labute approximate surface area is 95.4 Å². The predicted octanol–water partition coefficient (Wildman–Crippen LogP) is 2.32. The summed E-state index contributed by atoms with van der Waals surface area (Å²) in [6.45, 7) is 0. The summed E-state index contributed by atoms with van der Waals surface area (Å²) in [4.78, 5) is 13.2. The number of ether oxygens (including phenoxy) is 1. The lowest BCUT2D eigenvalue weighted by Gasteiger charge is -2.12. The van der Waals surface area contributed by atoms with Gasteiger partial charge in [0, 0.05) is 6.07 Å². The largest absolute Gasteiger partial charge is 0.574 e. The van der Waals surface area contributed by atoms with E-state index in [1.165, 1.54) is 0 Å². The molecule has 0 unspecified atom stereocenters. The van der Waals surface area contributed by atoms with Crippen molar-refractivity contribution in [2.24, 2.45) is 0 Å². The van der Waals surface area contributed by atoms with Crippen LogP contribution in [0.5, 0.6) is 11.6 Å². The molecule has 0 fully saturated rings. The number of hydrogen-bond donors (Lipinski definition) is 2. The van der Waals surface area contributed by atoms with Crippen LogP contribution in [0.15, 0.2) is 6.07 Å². The first-order chi connectivity index (χ1) is 8.11. The van der Waals surface area contributed by atoms with E-state index in [4.69, 9.17) is 10.2 Å². The quantitative estimate of drug-likeness (QED) is 0.826. The summed E-state index contributed by atoms with van der Waals surface area (Å²) >= 11 is 0. The first-order valence-corrected chi connectivity index (χ1v) is 4.13. The van der Waals surface area contributed by atoms with Gasteiger partial charge in [-0.3, -0.25) is 0 Å². The zero-order chi connectivity index (χ0) is 14.1. The third-order valence-corrected chi connectivity index (χ3v) is 1.65. The van der Waals surface area contributed by atoms with Gasteiger partial charge in [0.1, 0.15) is 11.3 Å². The molecule has 0 radical (unpaired) electrons. The van der Waals surface area contributed by atoms with E-state index in [0.29, 0.717) is 0 Å². The van der Waals surface area contributed by atoms with Crippen molar-refractivity contribution in [3.8, 4) is 11.6 Å². The fourth-order valence-electron chi connectivity index (χ4n) is 1.00. The summed E-state index contributed by atoms with van der Waals surface area (Å²) in [5.41, 5.74) is -2.59. The van der Waals surface area contributed by atoms with Gasteiger partial charge >= 0.3 is 12.3 Å². The van der Waals surface area contributed by atoms with E-state index >= 15 is 0 Å². The average Bonchev–Trinajstić information content (AvgIpc) is 2.17. The molecule has 1 aromatic rings. The van der Waals surface area contributed by atoms with Gasteiger partial charge in [-0.1, -0.05) is 0 Å². The highest BCUT2D eigenvalue weighted by Crippen LogP contribution is 2.33. The van der Waals surface area contributed by atoms with Crippen LogP contribution in [0.1, 0.15) is 22.5 Å². The summed E-state index contributed by atoms with van der Waals surface area (Å²) in [6.07, 6.45) is -8.68. The number of nitrogens with zero attached hydrogens (tertiary/aromatic N) is 1. The Bertz CT molecular complexity index is 473. The average molecular weight is 273 g/mol. The number of carbonyl (C=O) groups is 1. The standard InChI is InChI=1S/C8H4F5NO4/c9-5(10)4-3(15)1-2(7(16)17)6(14-4)18-8(11,12)13/h1,5,15H,(H,16,17). The second kappa shape index (κ2) is 4.63. The van der Waals surface area contributed by atoms with Crippen LogP contribution in [0.2, 0.25) is 0 Å². The van der Waals surface area contributed by atoms with Gasteiger partial charge in [0.2, 0.25) is 5.88 Å². The molecule has 0 aliphatic carbocycles. The van der Waals surface area contributed by atoms with Crippen molar-refractivity contribution in [3.05, 3.63) is 17.3 Å². The SMILES string of the molecule is O=C(O)c1cc(O)c(C(F)F)nc1OC(F)(F)F. The minimum absolute atomic E-state index is 0.206. The number of aromatic hydroxyl groups is 1. The van der Waals surface area contributed by atoms with Crippen LogP contribution in [0.25, 0.3) is 0 Å². The molecule has 1 rings (SSSR count). The van der Waals surface area contributed by atoms with Crippen LogP contribution in [-0.2, 0) is 0 Å². The maximum absolute atomic E-state index is 12.3. The van der Waals surface area contributed by atoms with Gasteiger partial charge in [-0.2, -0.15) is 0 Å². The zero-order valence-corrected chi connectivity index (χ0v) is 8.20. The van der Waals surface area contributed by atoms with Crippen LogP contribution in [0.4, 0.5) is 22.0 Å². The molecule has 1 heterocycles. The Morgan fingerprint density at radius 3 is 2.33 bits per heavy atom. The second-order valence-electron chi connectivity index (χ2n) is 2.90. The zero-order valence-electron chi connectivity index (χ0n) is 8.20. The maximum Gasteiger partial charge on any atom is 0.574 e. The van der Waals surface area contributed by atoms with Gasteiger partial charge in [-0.25, -0.2) is 18.6 Å². The van der Waals surface area contributed by atoms with E-state index in [0.717, 1.165) is 0 Å². The van der Waals surface area contributed by atoms with Gasteiger partial charge in [0.15, 0.2) is 5.69 Å². The van der Waals surface area contributed by atoms with Crippen LogP contribution in [0.3, 0.4) is 0 Å². The monoisotopic (exact) mass is 273 g/mol. The third kappa shape index (κ3) is 3.18. The number of rotatable bonds is 3. The van der Waals surface area contributed by atoms with Crippen molar-refractivity contribution in [2.75, 3.05) is 0 Å². The minimum Gasteiger partial charge on any atom is -0.506 e. The molecule has 10 heteroatoms. The number of aromatic carboxylic acids is 1. The Kier molecular flexibility index (Phi) is 3.58. The molecule has 0 aliphatic heterocycles. The molecule has 2 N–H and O–H groups in total. The molecule has 100 valence electrons. The molecule has 1 aromatic heterocycles. The summed E-state index contributed by atoms with van der Waals surface area (Å²) in [5.74, 6) is -4.72. The maximum atomic E-state index is 12.3. The molecule has 18 heavy (non-hydrogen) atoms. The normalized spacial score (nSPS) is 11.7. The Hall–Kier alpha value is -2.13. The number of pyridine rings is 1. The number of carboxylic acid groups (broad SMARTS) is 1. The lowest BCUT2D eigenvalue weighted by molar-refractivity contribution is -0.276. The van der Waals surface area contributed by atoms with Gasteiger partial charge in [-0.05, 0) is 0 Å². The molecule has 0 spiro atoms. The van der Waals surface area contributed by atoms with E-state index in [2.05, 4.69) is 9.72 Å². The molecule has 0 amide bonds. The molecule has 0 bridgehead atoms. The molecule has 0 aromatic carbocycles. The number of carboxylic acids is 1. The lowest BCUT2D eigenvalue weighted by Crippen LogP contribution is -2.20. The van der Waals surface area contributed by atoms with Gasteiger partial charge in [-0.15, -0.1) is 13.2 Å².